The Balaban J connectivity index is 1.86. The number of aliphatic hydroxyl groups excluding tert-OH is 2. The van der Waals surface area contributed by atoms with Gasteiger partial charge in [0, 0.05) is 55.2 Å². The molecule has 1 saturated heterocycles. The number of nitrogens with one attached hydrogen (secondary N) is 1. The molecule has 0 aliphatic carbocycles. The molecule has 186 valence electrons. The first-order valence-electron chi connectivity index (χ1n) is 12.0. The maximum atomic E-state index is 13.4. The molecule has 0 radical (unpaired) electrons. The molecule has 2 aromatic rings. The van der Waals surface area contributed by atoms with Gasteiger partial charge in [0.25, 0.3) is 5.91 Å². The van der Waals surface area contributed by atoms with Gasteiger partial charge < -0.3 is 25.2 Å². The predicted octanol–water partition coefficient (Wildman–Crippen LogP) is 4.98. The molecule has 0 saturated carbocycles. The average molecular weight is 469 g/mol. The topological polar surface area (TPSA) is 82.0 Å². The molecule has 3 atom stereocenters. The largest absolute Gasteiger partial charge is 0.396 e. The molecule has 6 heteroatoms. The molecular formula is C28H40N2O4. The third-order valence-corrected chi connectivity index (χ3v) is 6.96. The Morgan fingerprint density at radius 1 is 1.12 bits per heavy atom. The number of benzene rings is 2. The van der Waals surface area contributed by atoms with Crippen molar-refractivity contribution < 1.29 is 19.7 Å². The van der Waals surface area contributed by atoms with Crippen LogP contribution in [0.25, 0.3) is 0 Å². The van der Waals surface area contributed by atoms with Crippen molar-refractivity contribution in [3.63, 3.8) is 0 Å². The summed E-state index contributed by atoms with van der Waals surface area (Å²) in [6.07, 6.45) is 0.00729. The maximum absolute atomic E-state index is 13.4. The van der Waals surface area contributed by atoms with Crippen LogP contribution in [0.15, 0.2) is 30.3 Å². The van der Waals surface area contributed by atoms with Gasteiger partial charge in [-0.15, -0.1) is 0 Å². The van der Waals surface area contributed by atoms with E-state index in [1.807, 2.05) is 45.0 Å². The molecule has 3 unspecified atom stereocenters. The van der Waals surface area contributed by atoms with Crippen molar-refractivity contribution in [2.45, 2.75) is 54.3 Å². The van der Waals surface area contributed by atoms with E-state index in [1.165, 1.54) is 7.11 Å². The Hall–Kier alpha value is -2.41. The molecule has 6 nitrogen and oxygen atoms in total. The summed E-state index contributed by atoms with van der Waals surface area (Å²) in [7, 11) is 1.45. The number of carbonyl (C=O) groups excluding carboxylic acids is 1. The minimum absolute atomic E-state index is 0.179. The summed E-state index contributed by atoms with van der Waals surface area (Å²) in [6.45, 7) is 14.3. The molecule has 1 aliphatic heterocycles. The zero-order valence-electron chi connectivity index (χ0n) is 21.6. The van der Waals surface area contributed by atoms with Crippen LogP contribution >= 0.6 is 0 Å². The molecule has 1 fully saturated rings. The van der Waals surface area contributed by atoms with Gasteiger partial charge in [-0.05, 0) is 67.3 Å². The van der Waals surface area contributed by atoms with Gasteiger partial charge in [0.15, 0.2) is 6.29 Å². The van der Waals surface area contributed by atoms with Gasteiger partial charge in [-0.2, -0.15) is 0 Å². The number of methoxy groups -OCH3 is 1. The Kier molecular flexibility index (Phi) is 8.06. The Morgan fingerprint density at radius 2 is 1.76 bits per heavy atom. The van der Waals surface area contributed by atoms with Crippen LogP contribution in [0.4, 0.5) is 11.4 Å². The number of aliphatic hydroxyl groups is 2. The lowest BCUT2D eigenvalue weighted by Gasteiger charge is -2.26. The maximum Gasteiger partial charge on any atom is 0.256 e. The molecule has 1 aliphatic rings. The summed E-state index contributed by atoms with van der Waals surface area (Å²) in [6, 6.07) is 9.70. The van der Waals surface area contributed by atoms with Gasteiger partial charge in [0.05, 0.1) is 0 Å². The number of rotatable bonds is 7. The van der Waals surface area contributed by atoms with Gasteiger partial charge in [0.1, 0.15) is 0 Å². The Morgan fingerprint density at radius 3 is 2.38 bits per heavy atom. The average Bonchev–Trinajstić information content (AvgIpc) is 3.17. The number of amides is 1. The van der Waals surface area contributed by atoms with Crippen molar-refractivity contribution in [3.8, 4) is 0 Å². The van der Waals surface area contributed by atoms with E-state index >= 15 is 0 Å². The van der Waals surface area contributed by atoms with Crippen molar-refractivity contribution >= 4 is 17.3 Å². The molecule has 3 N–H and O–H groups in total. The summed E-state index contributed by atoms with van der Waals surface area (Å²) >= 11 is 0. The summed E-state index contributed by atoms with van der Waals surface area (Å²) in [5.41, 5.74) is 5.74. The second-order valence-corrected chi connectivity index (χ2v) is 10.9. The van der Waals surface area contributed by atoms with Crippen molar-refractivity contribution in [1.82, 2.24) is 0 Å². The number of carbonyl (C=O) groups is 1. The summed E-state index contributed by atoms with van der Waals surface area (Å²) in [4.78, 5) is 15.7. The monoisotopic (exact) mass is 468 g/mol. The highest BCUT2D eigenvalue weighted by molar-refractivity contribution is 6.06. The highest BCUT2D eigenvalue weighted by Gasteiger charge is 2.35. The van der Waals surface area contributed by atoms with E-state index in [2.05, 4.69) is 37.1 Å². The van der Waals surface area contributed by atoms with Crippen LogP contribution in [-0.2, 0) is 4.74 Å². The molecule has 0 aromatic heterocycles. The van der Waals surface area contributed by atoms with E-state index < -0.39 is 6.29 Å². The van der Waals surface area contributed by atoms with Crippen LogP contribution < -0.4 is 10.2 Å². The second-order valence-electron chi connectivity index (χ2n) is 10.9. The number of hydrogen-bond donors (Lipinski definition) is 3. The van der Waals surface area contributed by atoms with E-state index in [0.717, 1.165) is 41.9 Å². The van der Waals surface area contributed by atoms with E-state index in [-0.39, 0.29) is 23.8 Å². The Labute approximate surface area is 203 Å². The fourth-order valence-corrected chi connectivity index (χ4v) is 5.06. The first-order valence-corrected chi connectivity index (χ1v) is 12.0. The van der Waals surface area contributed by atoms with Crippen LogP contribution in [0.2, 0.25) is 0 Å². The van der Waals surface area contributed by atoms with E-state index in [4.69, 9.17) is 4.74 Å². The molecule has 2 aromatic carbocycles. The van der Waals surface area contributed by atoms with Gasteiger partial charge >= 0.3 is 0 Å². The molecule has 0 bridgehead atoms. The van der Waals surface area contributed by atoms with Crippen LogP contribution in [0.5, 0.6) is 0 Å². The van der Waals surface area contributed by atoms with Crippen LogP contribution in [-0.4, -0.2) is 42.9 Å². The summed E-state index contributed by atoms with van der Waals surface area (Å²) < 4.78 is 5.07. The van der Waals surface area contributed by atoms with Crippen LogP contribution in [0.3, 0.4) is 0 Å². The SMILES string of the molecule is COC(O)c1ccc(C)c(NC(=O)c2cc(N3CC(CO)C(CC(C)(C)C)C3)ccc2C)c1C. The molecule has 0 spiro atoms. The van der Waals surface area contributed by atoms with Gasteiger partial charge in [-0.1, -0.05) is 39.0 Å². The standard InChI is InChI=1S/C28H40N2O4/c1-17-8-10-22(30-14-20(13-28(4,5)6)21(15-30)16-31)12-24(17)26(32)29-25-18(2)9-11-23(19(25)3)27(33)34-7/h8-12,20-21,27,31,33H,13-16H2,1-7H3,(H,29,32). The fraction of sp³-hybridized carbons (Fsp3) is 0.536. The number of ether oxygens (including phenoxy) is 1. The van der Waals surface area contributed by atoms with E-state index in [0.29, 0.717) is 22.7 Å². The minimum atomic E-state index is -1.04. The fourth-order valence-electron chi connectivity index (χ4n) is 5.06. The lowest BCUT2D eigenvalue weighted by atomic mass is 9.80. The molecular weight excluding hydrogens is 428 g/mol. The zero-order chi connectivity index (χ0) is 25.2. The quantitative estimate of drug-likeness (QED) is 0.499. The van der Waals surface area contributed by atoms with Gasteiger partial charge in [0.2, 0.25) is 0 Å². The number of aryl methyl sites for hydroxylation is 2. The molecule has 3 rings (SSSR count). The third kappa shape index (κ3) is 5.80. The van der Waals surface area contributed by atoms with E-state index in [1.54, 1.807) is 0 Å². The van der Waals surface area contributed by atoms with Crippen molar-refractivity contribution in [2.75, 3.05) is 37.0 Å². The smallest absolute Gasteiger partial charge is 0.256 e. The third-order valence-electron chi connectivity index (χ3n) is 6.96. The summed E-state index contributed by atoms with van der Waals surface area (Å²) in [5.74, 6) is 0.473. The molecule has 34 heavy (non-hydrogen) atoms. The van der Waals surface area contributed by atoms with Gasteiger partial charge in [-0.3, -0.25) is 4.79 Å². The number of anilines is 2. The number of hydrogen-bond acceptors (Lipinski definition) is 5. The van der Waals surface area contributed by atoms with Crippen LogP contribution in [0, 0.1) is 38.0 Å². The normalized spacial score (nSPS) is 19.4. The number of nitrogens with zero attached hydrogens (tertiary/aromatic N) is 1. The minimum Gasteiger partial charge on any atom is -0.396 e. The lowest BCUT2D eigenvalue weighted by molar-refractivity contribution is -0.0772. The molecule has 1 amide bonds. The van der Waals surface area contributed by atoms with Crippen molar-refractivity contribution in [3.05, 3.63) is 58.1 Å². The Bertz CT molecular complexity index is 1030. The molecule has 1 heterocycles. The van der Waals surface area contributed by atoms with Gasteiger partial charge in [-0.25, -0.2) is 0 Å². The first-order chi connectivity index (χ1) is 15.9. The zero-order valence-corrected chi connectivity index (χ0v) is 21.6. The lowest BCUT2D eigenvalue weighted by Crippen LogP contribution is -2.22. The van der Waals surface area contributed by atoms with Crippen molar-refractivity contribution in [2.24, 2.45) is 17.3 Å². The van der Waals surface area contributed by atoms with E-state index in [9.17, 15) is 15.0 Å². The first kappa shape index (κ1) is 26.2. The summed E-state index contributed by atoms with van der Waals surface area (Å²) in [5, 5.41) is 23.2. The predicted molar refractivity (Wildman–Crippen MR) is 137 cm³/mol. The second kappa shape index (κ2) is 10.5. The van der Waals surface area contributed by atoms with Crippen LogP contribution in [0.1, 0.15) is 66.1 Å². The highest BCUT2D eigenvalue weighted by atomic mass is 16.6. The highest BCUT2D eigenvalue weighted by Crippen LogP contribution is 2.36. The van der Waals surface area contributed by atoms with Crippen molar-refractivity contribution in [1.29, 1.82) is 0 Å².